The van der Waals surface area contributed by atoms with Crippen molar-refractivity contribution in [2.45, 2.75) is 25.9 Å². The van der Waals surface area contributed by atoms with E-state index in [0.29, 0.717) is 12.0 Å². The fourth-order valence-electron chi connectivity index (χ4n) is 2.78. The van der Waals surface area contributed by atoms with Crippen molar-refractivity contribution in [3.05, 3.63) is 36.4 Å². The fraction of sp³-hybridized carbons (Fsp3) is 0.438. The van der Waals surface area contributed by atoms with Crippen LogP contribution in [0.15, 0.2) is 36.4 Å². The Morgan fingerprint density at radius 2 is 2.16 bits per heavy atom. The number of fused-ring (bicyclic) bond motifs is 1. The zero-order chi connectivity index (χ0) is 13.1. The average Bonchev–Trinajstić information content (AvgIpc) is 2.92. The Morgan fingerprint density at radius 1 is 1.26 bits per heavy atom. The summed E-state index contributed by atoms with van der Waals surface area (Å²) in [6.07, 6.45) is 2.66. The Balaban J connectivity index is 1.68. The third-order valence-corrected chi connectivity index (χ3v) is 3.89. The molecule has 3 heteroatoms. The maximum atomic E-state index is 5.71. The molecule has 0 spiro atoms. The zero-order valence-corrected chi connectivity index (χ0v) is 11.3. The highest BCUT2D eigenvalue weighted by molar-refractivity contribution is 5.79. The Morgan fingerprint density at radius 3 is 3.05 bits per heavy atom. The first-order chi connectivity index (χ1) is 9.36. The highest BCUT2D eigenvalue weighted by Gasteiger charge is 2.26. The van der Waals surface area contributed by atoms with E-state index in [1.165, 1.54) is 5.39 Å². The summed E-state index contributed by atoms with van der Waals surface area (Å²) < 4.78 is 5.71. The van der Waals surface area contributed by atoms with Gasteiger partial charge in [0.15, 0.2) is 0 Å². The Labute approximate surface area is 114 Å². The van der Waals surface area contributed by atoms with E-state index in [0.717, 1.165) is 37.3 Å². The molecule has 2 aromatic rings. The third kappa shape index (κ3) is 2.71. The molecule has 2 unspecified atom stereocenters. The molecule has 0 bridgehead atoms. The van der Waals surface area contributed by atoms with Crippen molar-refractivity contribution in [2.75, 3.05) is 18.5 Å². The smallest absolute Gasteiger partial charge is 0.126 e. The first-order valence-electron chi connectivity index (χ1n) is 7.08. The highest BCUT2D eigenvalue weighted by Crippen LogP contribution is 2.24. The minimum atomic E-state index is 0.410. The topological polar surface area (TPSA) is 34.1 Å². The summed E-state index contributed by atoms with van der Waals surface area (Å²) in [6, 6.07) is 12.4. The van der Waals surface area contributed by atoms with E-state index in [-0.39, 0.29) is 0 Å². The van der Waals surface area contributed by atoms with Crippen molar-refractivity contribution in [2.24, 2.45) is 5.92 Å². The number of nitrogens with one attached hydrogen (secondary N) is 1. The molecule has 0 aliphatic carbocycles. The van der Waals surface area contributed by atoms with Crippen LogP contribution in [0.3, 0.4) is 0 Å². The molecule has 3 rings (SSSR count). The van der Waals surface area contributed by atoms with Crippen molar-refractivity contribution < 1.29 is 4.74 Å². The van der Waals surface area contributed by atoms with Gasteiger partial charge in [0.1, 0.15) is 5.82 Å². The molecule has 0 amide bonds. The van der Waals surface area contributed by atoms with Crippen molar-refractivity contribution in [3.63, 3.8) is 0 Å². The number of benzene rings is 1. The molecule has 0 saturated carbocycles. The molecular formula is C16H20N2O. The van der Waals surface area contributed by atoms with Crippen molar-refractivity contribution in [1.29, 1.82) is 0 Å². The second-order valence-electron chi connectivity index (χ2n) is 5.14. The van der Waals surface area contributed by atoms with Crippen molar-refractivity contribution >= 4 is 16.7 Å². The van der Waals surface area contributed by atoms with Crippen LogP contribution in [0.4, 0.5) is 5.82 Å². The first kappa shape index (κ1) is 12.4. The molecule has 1 aromatic heterocycles. The van der Waals surface area contributed by atoms with Gasteiger partial charge in [-0.15, -0.1) is 0 Å². The van der Waals surface area contributed by atoms with Gasteiger partial charge in [-0.1, -0.05) is 25.1 Å². The summed E-state index contributed by atoms with van der Waals surface area (Å²) in [5, 5.41) is 4.64. The predicted octanol–water partition coefficient (Wildman–Crippen LogP) is 3.46. The van der Waals surface area contributed by atoms with E-state index >= 15 is 0 Å². The normalized spacial score (nSPS) is 22.8. The van der Waals surface area contributed by atoms with Crippen LogP contribution < -0.4 is 5.32 Å². The Hall–Kier alpha value is -1.61. The lowest BCUT2D eigenvalue weighted by Crippen LogP contribution is -2.23. The maximum absolute atomic E-state index is 5.71. The summed E-state index contributed by atoms with van der Waals surface area (Å²) in [5.41, 5.74) is 1.04. The lowest BCUT2D eigenvalue weighted by molar-refractivity contribution is 0.0900. The molecule has 3 nitrogen and oxygen atoms in total. The van der Waals surface area contributed by atoms with E-state index in [4.69, 9.17) is 4.74 Å². The summed E-state index contributed by atoms with van der Waals surface area (Å²) in [6.45, 7) is 4.04. The second-order valence-corrected chi connectivity index (χ2v) is 5.14. The molecule has 2 heterocycles. The van der Waals surface area contributed by atoms with Crippen LogP contribution >= 0.6 is 0 Å². The first-order valence-corrected chi connectivity index (χ1v) is 7.08. The Kier molecular flexibility index (Phi) is 3.65. The van der Waals surface area contributed by atoms with E-state index in [1.807, 2.05) is 18.2 Å². The molecule has 1 fully saturated rings. The molecule has 1 aliphatic rings. The van der Waals surface area contributed by atoms with Gasteiger partial charge in [0.2, 0.25) is 0 Å². The summed E-state index contributed by atoms with van der Waals surface area (Å²) >= 11 is 0. The number of anilines is 1. The third-order valence-electron chi connectivity index (χ3n) is 3.89. The largest absolute Gasteiger partial charge is 0.378 e. The van der Waals surface area contributed by atoms with Crippen LogP contribution in [0.25, 0.3) is 10.9 Å². The molecular weight excluding hydrogens is 236 g/mol. The SMILES string of the molecule is CCC1OCCC1CNc1ccc2ccccc2n1. The monoisotopic (exact) mass is 256 g/mol. The van der Waals surface area contributed by atoms with Gasteiger partial charge >= 0.3 is 0 Å². The number of aromatic nitrogens is 1. The molecule has 2 atom stereocenters. The van der Waals surface area contributed by atoms with E-state index in [2.05, 4.69) is 35.4 Å². The van der Waals surface area contributed by atoms with Gasteiger partial charge in [-0.05, 0) is 31.0 Å². The number of rotatable bonds is 4. The predicted molar refractivity (Wildman–Crippen MR) is 78.4 cm³/mol. The molecule has 0 radical (unpaired) electrons. The number of para-hydroxylation sites is 1. The minimum absolute atomic E-state index is 0.410. The lowest BCUT2D eigenvalue weighted by atomic mass is 10.00. The average molecular weight is 256 g/mol. The van der Waals surface area contributed by atoms with Crippen molar-refractivity contribution in [3.8, 4) is 0 Å². The van der Waals surface area contributed by atoms with Crippen LogP contribution in [-0.2, 0) is 4.74 Å². The summed E-state index contributed by atoms with van der Waals surface area (Å²) in [7, 11) is 0. The van der Waals surface area contributed by atoms with Crippen LogP contribution in [0.1, 0.15) is 19.8 Å². The van der Waals surface area contributed by atoms with Crippen LogP contribution in [0.2, 0.25) is 0 Å². The summed E-state index contributed by atoms with van der Waals surface area (Å²) in [5.74, 6) is 1.57. The minimum Gasteiger partial charge on any atom is -0.378 e. The van der Waals surface area contributed by atoms with E-state index < -0.39 is 0 Å². The van der Waals surface area contributed by atoms with Gasteiger partial charge in [-0.2, -0.15) is 0 Å². The van der Waals surface area contributed by atoms with Gasteiger partial charge in [0.25, 0.3) is 0 Å². The van der Waals surface area contributed by atoms with Gasteiger partial charge in [-0.3, -0.25) is 0 Å². The molecule has 1 N–H and O–H groups in total. The molecule has 1 aliphatic heterocycles. The fourth-order valence-corrected chi connectivity index (χ4v) is 2.78. The molecule has 1 aromatic carbocycles. The second kappa shape index (κ2) is 5.57. The number of hydrogen-bond acceptors (Lipinski definition) is 3. The van der Waals surface area contributed by atoms with Gasteiger partial charge in [0.05, 0.1) is 11.6 Å². The quantitative estimate of drug-likeness (QED) is 0.909. The number of pyridine rings is 1. The Bertz CT molecular complexity index is 555. The summed E-state index contributed by atoms with van der Waals surface area (Å²) in [4.78, 5) is 4.64. The standard InChI is InChI=1S/C16H20N2O/c1-2-15-13(9-10-19-15)11-17-16-8-7-12-5-3-4-6-14(12)18-16/h3-8,13,15H,2,9-11H2,1H3,(H,17,18). The number of nitrogens with zero attached hydrogens (tertiary/aromatic N) is 1. The molecule has 19 heavy (non-hydrogen) atoms. The van der Waals surface area contributed by atoms with Gasteiger partial charge < -0.3 is 10.1 Å². The van der Waals surface area contributed by atoms with Gasteiger partial charge in [-0.25, -0.2) is 4.98 Å². The van der Waals surface area contributed by atoms with Crippen molar-refractivity contribution in [1.82, 2.24) is 4.98 Å². The van der Waals surface area contributed by atoms with E-state index in [1.54, 1.807) is 0 Å². The highest BCUT2D eigenvalue weighted by atomic mass is 16.5. The number of ether oxygens (including phenoxy) is 1. The maximum Gasteiger partial charge on any atom is 0.126 e. The van der Waals surface area contributed by atoms with Crippen LogP contribution in [0, 0.1) is 5.92 Å². The van der Waals surface area contributed by atoms with E-state index in [9.17, 15) is 0 Å². The van der Waals surface area contributed by atoms with Crippen LogP contribution in [-0.4, -0.2) is 24.2 Å². The molecule has 1 saturated heterocycles. The zero-order valence-electron chi connectivity index (χ0n) is 11.3. The lowest BCUT2D eigenvalue weighted by Gasteiger charge is -2.17. The van der Waals surface area contributed by atoms with Gasteiger partial charge in [0, 0.05) is 24.5 Å². The van der Waals surface area contributed by atoms with Crippen LogP contribution in [0.5, 0.6) is 0 Å². The molecule has 100 valence electrons. The number of hydrogen-bond donors (Lipinski definition) is 1.